The second kappa shape index (κ2) is 6.68. The van der Waals surface area contributed by atoms with Crippen LogP contribution in [0.2, 0.25) is 0 Å². The van der Waals surface area contributed by atoms with Crippen molar-refractivity contribution in [2.24, 2.45) is 0 Å². The van der Waals surface area contributed by atoms with Crippen LogP contribution in [0.5, 0.6) is 5.75 Å². The minimum atomic E-state index is -4.55. The fraction of sp³-hybridized carbons (Fsp3) is 0.300. The molecule has 4 rings (SSSR count). The first-order valence-electron chi connectivity index (χ1n) is 9.03. The van der Waals surface area contributed by atoms with Gasteiger partial charge in [0.15, 0.2) is 0 Å². The summed E-state index contributed by atoms with van der Waals surface area (Å²) in [4.78, 5) is 12.6. The molecule has 1 aliphatic heterocycles. The van der Waals surface area contributed by atoms with Crippen molar-refractivity contribution in [2.75, 3.05) is 5.32 Å². The van der Waals surface area contributed by atoms with Gasteiger partial charge >= 0.3 is 12.2 Å². The number of nitrogens with zero attached hydrogens (tertiary/aromatic N) is 1. The summed E-state index contributed by atoms with van der Waals surface area (Å²) in [6.07, 6.45) is -2.64. The Labute approximate surface area is 164 Å². The van der Waals surface area contributed by atoms with Crippen molar-refractivity contribution in [3.05, 3.63) is 53.7 Å². The van der Waals surface area contributed by atoms with E-state index in [0.717, 1.165) is 17.0 Å². The monoisotopic (exact) mass is 404 g/mol. The number of rotatable bonds is 2. The summed E-state index contributed by atoms with van der Waals surface area (Å²) < 4.78 is 46.0. The van der Waals surface area contributed by atoms with Gasteiger partial charge in [0.2, 0.25) is 0 Å². The minimum absolute atomic E-state index is 0.238. The first kappa shape index (κ1) is 19.1. The van der Waals surface area contributed by atoms with Gasteiger partial charge in [0.05, 0.1) is 29.0 Å². The third-order valence-electron chi connectivity index (χ3n) is 4.84. The summed E-state index contributed by atoms with van der Waals surface area (Å²) in [5.41, 5.74) is -0.120. The molecule has 1 atom stereocenters. The third kappa shape index (κ3) is 3.72. The molecule has 6 nitrogen and oxygen atoms in total. The molecule has 0 bridgehead atoms. The summed E-state index contributed by atoms with van der Waals surface area (Å²) in [5, 5.41) is 13.0. The quantitative estimate of drug-likeness (QED) is 0.562. The number of ether oxygens (including phenoxy) is 1. The van der Waals surface area contributed by atoms with Crippen LogP contribution in [-0.4, -0.2) is 21.8 Å². The van der Waals surface area contributed by atoms with Crippen LogP contribution < -0.4 is 15.4 Å². The molecule has 2 heterocycles. The van der Waals surface area contributed by atoms with Crippen LogP contribution >= 0.6 is 0 Å². The smallest absolute Gasteiger partial charge is 0.419 e. The average molecular weight is 404 g/mol. The Morgan fingerprint density at radius 1 is 1.24 bits per heavy atom. The van der Waals surface area contributed by atoms with E-state index < -0.39 is 29.4 Å². The Morgan fingerprint density at radius 2 is 2.00 bits per heavy atom. The fourth-order valence-electron chi connectivity index (χ4n) is 3.61. The minimum Gasteiger partial charge on any atom is -0.487 e. The zero-order valence-corrected chi connectivity index (χ0v) is 15.7. The van der Waals surface area contributed by atoms with Crippen molar-refractivity contribution in [3.8, 4) is 5.75 Å². The van der Waals surface area contributed by atoms with Crippen molar-refractivity contribution in [3.63, 3.8) is 0 Å². The van der Waals surface area contributed by atoms with Gasteiger partial charge in [-0.1, -0.05) is 18.2 Å². The lowest BCUT2D eigenvalue weighted by atomic mass is 9.88. The van der Waals surface area contributed by atoms with Gasteiger partial charge in [-0.15, -0.1) is 0 Å². The third-order valence-corrected chi connectivity index (χ3v) is 4.84. The Morgan fingerprint density at radius 3 is 2.76 bits per heavy atom. The van der Waals surface area contributed by atoms with Gasteiger partial charge in [-0.05, 0) is 32.0 Å². The molecular formula is C20H19F3N4O2. The standard InChI is InChI=1S/C20H19F3N4O2/c1-19(2)9-16(11-5-3-6-13(17(11)29-19)20(21,22)23)26-18(28)25-14-7-4-8-15-12(14)10-24-27-15/h3-8,10,16H,9H2,1-2H3,(H,24,27)(H2,25,26,28)/t16-/m1/s1. The van der Waals surface area contributed by atoms with Gasteiger partial charge < -0.3 is 15.4 Å². The van der Waals surface area contributed by atoms with Crippen LogP contribution in [0, 0.1) is 0 Å². The molecule has 3 aromatic rings. The second-order valence-corrected chi connectivity index (χ2v) is 7.58. The molecule has 152 valence electrons. The molecule has 3 N–H and O–H groups in total. The Balaban J connectivity index is 1.62. The maximum atomic E-state index is 13.4. The number of carbonyl (C=O) groups excluding carboxylic acids is 1. The summed E-state index contributed by atoms with van der Waals surface area (Å²) >= 11 is 0. The number of fused-ring (bicyclic) bond motifs is 2. The Bertz CT molecular complexity index is 1080. The number of aromatic nitrogens is 2. The lowest BCUT2D eigenvalue weighted by molar-refractivity contribution is -0.140. The van der Waals surface area contributed by atoms with Gasteiger partial charge in [0.25, 0.3) is 0 Å². The van der Waals surface area contributed by atoms with Gasteiger partial charge in [-0.2, -0.15) is 18.3 Å². The topological polar surface area (TPSA) is 79.0 Å². The maximum Gasteiger partial charge on any atom is 0.419 e. The average Bonchev–Trinajstić information content (AvgIpc) is 3.09. The van der Waals surface area contributed by atoms with Gasteiger partial charge in [-0.3, -0.25) is 5.10 Å². The van der Waals surface area contributed by atoms with Gasteiger partial charge in [0.1, 0.15) is 11.4 Å². The first-order valence-corrected chi connectivity index (χ1v) is 9.03. The molecule has 2 amide bonds. The van der Waals surface area contributed by atoms with Crippen LogP contribution in [0.1, 0.15) is 37.4 Å². The molecule has 29 heavy (non-hydrogen) atoms. The summed E-state index contributed by atoms with van der Waals surface area (Å²) in [7, 11) is 0. The zero-order chi connectivity index (χ0) is 20.8. The van der Waals surface area contributed by atoms with E-state index in [2.05, 4.69) is 20.8 Å². The largest absolute Gasteiger partial charge is 0.487 e. The van der Waals surface area contributed by atoms with E-state index in [-0.39, 0.29) is 5.75 Å². The number of halogens is 3. The van der Waals surface area contributed by atoms with Gasteiger partial charge in [0, 0.05) is 17.4 Å². The lowest BCUT2D eigenvalue weighted by Crippen LogP contribution is -2.43. The van der Waals surface area contributed by atoms with E-state index in [4.69, 9.17) is 4.74 Å². The highest BCUT2D eigenvalue weighted by Crippen LogP contribution is 2.46. The molecule has 0 saturated carbocycles. The van der Waals surface area contributed by atoms with E-state index in [0.29, 0.717) is 17.7 Å². The molecule has 0 fully saturated rings. The molecule has 0 aliphatic carbocycles. The maximum absolute atomic E-state index is 13.4. The number of hydrogen-bond donors (Lipinski definition) is 3. The highest BCUT2D eigenvalue weighted by molar-refractivity contribution is 6.00. The SMILES string of the molecule is CC1(C)C[C@@H](NC(=O)Nc2cccc3[nH]ncc23)c2cccc(C(F)(F)F)c2O1. The molecule has 0 radical (unpaired) electrons. The van der Waals surface area contributed by atoms with Crippen molar-refractivity contribution < 1.29 is 22.7 Å². The van der Waals surface area contributed by atoms with E-state index in [1.807, 2.05) is 6.07 Å². The summed E-state index contributed by atoms with van der Waals surface area (Å²) in [6.45, 7) is 3.39. The number of anilines is 1. The molecule has 1 aromatic heterocycles. The highest BCUT2D eigenvalue weighted by Gasteiger charge is 2.42. The van der Waals surface area contributed by atoms with Gasteiger partial charge in [-0.25, -0.2) is 4.79 Å². The van der Waals surface area contributed by atoms with E-state index >= 15 is 0 Å². The first-order chi connectivity index (χ1) is 13.6. The van der Waals surface area contributed by atoms with E-state index in [1.165, 1.54) is 6.07 Å². The van der Waals surface area contributed by atoms with Crippen LogP contribution in [-0.2, 0) is 6.18 Å². The van der Waals surface area contributed by atoms with Crippen LogP contribution in [0.4, 0.5) is 23.7 Å². The van der Waals surface area contributed by atoms with Crippen molar-refractivity contribution in [2.45, 2.75) is 38.1 Å². The number of H-pyrrole nitrogens is 1. The molecule has 0 saturated heterocycles. The number of alkyl halides is 3. The number of amides is 2. The number of benzene rings is 2. The number of hydrogen-bond acceptors (Lipinski definition) is 3. The number of carbonyl (C=O) groups is 1. The van der Waals surface area contributed by atoms with Crippen molar-refractivity contribution in [1.29, 1.82) is 0 Å². The second-order valence-electron chi connectivity index (χ2n) is 7.58. The molecule has 0 unspecified atom stereocenters. The molecule has 1 aliphatic rings. The van der Waals surface area contributed by atoms with Crippen LogP contribution in [0.3, 0.4) is 0 Å². The Kier molecular flexibility index (Phi) is 4.40. The normalized spacial score (nSPS) is 18.0. The van der Waals surface area contributed by atoms with Crippen LogP contribution in [0.15, 0.2) is 42.6 Å². The predicted octanol–water partition coefficient (Wildman–Crippen LogP) is 5.01. The molecule has 0 spiro atoms. The predicted molar refractivity (Wildman–Crippen MR) is 102 cm³/mol. The lowest BCUT2D eigenvalue weighted by Gasteiger charge is -2.39. The van der Waals surface area contributed by atoms with E-state index in [1.54, 1.807) is 38.2 Å². The van der Waals surface area contributed by atoms with Crippen molar-refractivity contribution >= 4 is 22.6 Å². The van der Waals surface area contributed by atoms with Crippen molar-refractivity contribution in [1.82, 2.24) is 15.5 Å². The molecular weight excluding hydrogens is 385 g/mol. The summed E-state index contributed by atoms with van der Waals surface area (Å²) in [5.74, 6) is -0.238. The number of urea groups is 1. The zero-order valence-electron chi connectivity index (χ0n) is 15.7. The Hall–Kier alpha value is -3.23. The van der Waals surface area contributed by atoms with Crippen LogP contribution in [0.25, 0.3) is 10.9 Å². The fourth-order valence-corrected chi connectivity index (χ4v) is 3.61. The number of para-hydroxylation sites is 1. The highest BCUT2D eigenvalue weighted by atomic mass is 19.4. The molecule has 9 heteroatoms. The molecule has 2 aromatic carbocycles. The number of aromatic amines is 1. The van der Waals surface area contributed by atoms with E-state index in [9.17, 15) is 18.0 Å². The summed E-state index contributed by atoms with van der Waals surface area (Å²) in [6, 6.07) is 7.99. The number of nitrogens with one attached hydrogen (secondary N) is 3.